The van der Waals surface area contributed by atoms with Gasteiger partial charge in [-0.2, -0.15) is 0 Å². The van der Waals surface area contributed by atoms with E-state index in [9.17, 15) is 14.4 Å². The molecule has 0 fully saturated rings. The third-order valence-corrected chi connectivity index (χ3v) is 4.59. The largest absolute Gasteiger partial charge is 0.497 e. The zero-order chi connectivity index (χ0) is 22.5. The van der Waals surface area contributed by atoms with Gasteiger partial charge in [-0.05, 0) is 26.0 Å². The lowest BCUT2D eigenvalue weighted by Gasteiger charge is -2.12. The van der Waals surface area contributed by atoms with Crippen LogP contribution in [0.2, 0.25) is 0 Å². The first kappa shape index (κ1) is 21.8. The maximum atomic E-state index is 12.7. The zero-order valence-corrected chi connectivity index (χ0v) is 17.7. The molecule has 0 spiro atoms. The molecular formula is C22H23N3O6. The minimum atomic E-state index is -0.881. The highest BCUT2D eigenvalue weighted by Crippen LogP contribution is 2.25. The molecule has 0 aliphatic rings. The van der Waals surface area contributed by atoms with Gasteiger partial charge in [0.05, 0.1) is 19.6 Å². The van der Waals surface area contributed by atoms with Crippen LogP contribution in [-0.2, 0) is 16.1 Å². The Kier molecular flexibility index (Phi) is 6.54. The lowest BCUT2D eigenvalue weighted by atomic mass is 10.2. The van der Waals surface area contributed by atoms with E-state index < -0.39 is 23.9 Å². The van der Waals surface area contributed by atoms with Gasteiger partial charge >= 0.3 is 5.97 Å². The molecule has 0 atom stereocenters. The molecule has 2 aromatic heterocycles. The highest BCUT2D eigenvalue weighted by Gasteiger charge is 2.18. The number of methoxy groups -OCH3 is 2. The second-order valence-corrected chi connectivity index (χ2v) is 6.71. The Morgan fingerprint density at radius 3 is 2.39 bits per heavy atom. The molecule has 3 aromatic rings. The van der Waals surface area contributed by atoms with Crippen LogP contribution < -0.4 is 20.2 Å². The summed E-state index contributed by atoms with van der Waals surface area (Å²) in [6.07, 6.45) is 1.41. The number of rotatable bonds is 7. The maximum absolute atomic E-state index is 12.7. The molecule has 0 radical (unpaired) electrons. The number of nitrogens with one attached hydrogen (secondary N) is 1. The highest BCUT2D eigenvalue weighted by atomic mass is 16.5. The van der Waals surface area contributed by atoms with Crippen molar-refractivity contribution in [2.75, 3.05) is 26.1 Å². The number of pyridine rings is 2. The second-order valence-electron chi connectivity index (χ2n) is 6.71. The molecule has 0 aliphatic heterocycles. The lowest BCUT2D eigenvalue weighted by molar-refractivity contribution is -0.119. The van der Waals surface area contributed by atoms with Gasteiger partial charge in [0.25, 0.3) is 5.91 Å². The third-order valence-electron chi connectivity index (χ3n) is 4.59. The minimum absolute atomic E-state index is 0.157. The molecule has 9 nitrogen and oxygen atoms in total. The molecule has 0 saturated heterocycles. The number of nitrogens with zero attached hydrogens (tertiary/aromatic N) is 2. The summed E-state index contributed by atoms with van der Waals surface area (Å²) in [6.45, 7) is 3.64. The first-order valence-corrected chi connectivity index (χ1v) is 9.57. The van der Waals surface area contributed by atoms with Gasteiger partial charge in [0.15, 0.2) is 6.61 Å². The number of aromatic nitrogens is 2. The van der Waals surface area contributed by atoms with E-state index in [1.165, 1.54) is 20.4 Å². The smallest absolute Gasteiger partial charge is 0.344 e. The Labute approximate surface area is 178 Å². The number of esters is 1. The summed E-state index contributed by atoms with van der Waals surface area (Å²) < 4.78 is 17.1. The number of carbonyl (C=O) groups is 2. The van der Waals surface area contributed by atoms with Gasteiger partial charge in [0, 0.05) is 42.3 Å². The molecule has 31 heavy (non-hydrogen) atoms. The molecule has 162 valence electrons. The Morgan fingerprint density at radius 2 is 1.77 bits per heavy atom. The average Bonchev–Trinajstić information content (AvgIpc) is 2.77. The van der Waals surface area contributed by atoms with Gasteiger partial charge in [-0.25, -0.2) is 9.78 Å². The van der Waals surface area contributed by atoms with Crippen molar-refractivity contribution < 1.29 is 23.8 Å². The first-order chi connectivity index (χ1) is 14.9. The van der Waals surface area contributed by atoms with Crippen LogP contribution in [0.3, 0.4) is 0 Å². The number of hydrogen-bond donors (Lipinski definition) is 1. The summed E-state index contributed by atoms with van der Waals surface area (Å²) in [6, 6.07) is 8.19. The van der Waals surface area contributed by atoms with E-state index in [-0.39, 0.29) is 5.56 Å². The van der Waals surface area contributed by atoms with Crippen LogP contribution in [0.4, 0.5) is 5.69 Å². The number of anilines is 1. The Balaban J connectivity index is 1.76. The molecule has 2 heterocycles. The molecule has 1 N–H and O–H groups in total. The number of amides is 1. The van der Waals surface area contributed by atoms with Crippen molar-refractivity contribution in [1.82, 2.24) is 9.55 Å². The number of ether oxygens (including phenoxy) is 3. The third kappa shape index (κ3) is 4.82. The number of fused-ring (bicyclic) bond motifs is 1. The number of aryl methyl sites for hydroxylation is 2. The first-order valence-electron chi connectivity index (χ1n) is 9.57. The lowest BCUT2D eigenvalue weighted by Crippen LogP contribution is -2.25. The molecule has 0 saturated carbocycles. The predicted octanol–water partition coefficient (Wildman–Crippen LogP) is 2.54. The molecule has 3 rings (SSSR count). The summed E-state index contributed by atoms with van der Waals surface area (Å²) in [5, 5.41) is 2.92. The quantitative estimate of drug-likeness (QED) is 0.580. The van der Waals surface area contributed by atoms with Gasteiger partial charge in [-0.15, -0.1) is 0 Å². The Hall–Kier alpha value is -3.88. The van der Waals surface area contributed by atoms with Crippen LogP contribution >= 0.6 is 0 Å². The zero-order valence-electron chi connectivity index (χ0n) is 17.7. The SMILES string of the molecule is CCn1cc(C(=O)OCC(=O)Nc2cc(OC)cc(OC)c2)c(=O)c2ccc(C)nc21. The molecule has 0 aliphatic carbocycles. The van der Waals surface area contributed by atoms with Crippen LogP contribution in [0.15, 0.2) is 41.3 Å². The van der Waals surface area contributed by atoms with Crippen LogP contribution in [0.25, 0.3) is 11.0 Å². The fraction of sp³-hybridized carbons (Fsp3) is 0.273. The van der Waals surface area contributed by atoms with E-state index in [1.807, 2.05) is 13.8 Å². The number of benzene rings is 1. The molecule has 9 heteroatoms. The van der Waals surface area contributed by atoms with E-state index in [4.69, 9.17) is 14.2 Å². The van der Waals surface area contributed by atoms with Crippen molar-refractivity contribution in [2.24, 2.45) is 0 Å². The van der Waals surface area contributed by atoms with Crippen LogP contribution in [-0.4, -0.2) is 42.3 Å². The summed E-state index contributed by atoms with van der Waals surface area (Å²) >= 11 is 0. The summed E-state index contributed by atoms with van der Waals surface area (Å²) in [5.41, 5.74) is 1.02. The summed E-state index contributed by atoms with van der Waals surface area (Å²) in [4.78, 5) is 41.9. The van der Waals surface area contributed by atoms with Crippen molar-refractivity contribution in [3.63, 3.8) is 0 Å². The number of hydrogen-bond acceptors (Lipinski definition) is 7. The van der Waals surface area contributed by atoms with E-state index in [0.717, 1.165) is 5.69 Å². The normalized spacial score (nSPS) is 10.6. The van der Waals surface area contributed by atoms with Crippen LogP contribution in [0, 0.1) is 6.92 Å². The number of carbonyl (C=O) groups excluding carboxylic acids is 2. The highest BCUT2D eigenvalue weighted by molar-refractivity contribution is 5.97. The van der Waals surface area contributed by atoms with Crippen LogP contribution in [0.5, 0.6) is 11.5 Å². The van der Waals surface area contributed by atoms with Crippen molar-refractivity contribution in [3.05, 3.63) is 58.0 Å². The second kappa shape index (κ2) is 9.29. The molecular weight excluding hydrogens is 402 g/mol. The van der Waals surface area contributed by atoms with Gasteiger partial charge in [0.2, 0.25) is 5.43 Å². The molecule has 0 bridgehead atoms. The minimum Gasteiger partial charge on any atom is -0.497 e. The fourth-order valence-corrected chi connectivity index (χ4v) is 3.03. The van der Waals surface area contributed by atoms with Crippen molar-refractivity contribution in [3.8, 4) is 11.5 Å². The van der Waals surface area contributed by atoms with Gasteiger partial charge in [-0.3, -0.25) is 9.59 Å². The Bertz CT molecular complexity index is 1180. The average molecular weight is 425 g/mol. The standard InChI is InChI=1S/C22H23N3O6/c1-5-25-11-18(20(27)17-7-6-13(2)23-21(17)25)22(28)31-12-19(26)24-14-8-15(29-3)10-16(9-14)30-4/h6-11H,5,12H2,1-4H3,(H,24,26). The topological polar surface area (TPSA) is 109 Å². The van der Waals surface area contributed by atoms with Crippen molar-refractivity contribution in [1.29, 1.82) is 0 Å². The predicted molar refractivity (Wildman–Crippen MR) is 115 cm³/mol. The molecule has 1 aromatic carbocycles. The van der Waals surface area contributed by atoms with Gasteiger partial charge in [-0.1, -0.05) is 0 Å². The fourth-order valence-electron chi connectivity index (χ4n) is 3.03. The molecule has 0 unspecified atom stereocenters. The summed E-state index contributed by atoms with van der Waals surface area (Å²) in [5.74, 6) is -0.468. The van der Waals surface area contributed by atoms with E-state index in [0.29, 0.717) is 34.8 Å². The van der Waals surface area contributed by atoms with E-state index >= 15 is 0 Å². The van der Waals surface area contributed by atoms with Crippen molar-refractivity contribution >= 4 is 28.6 Å². The van der Waals surface area contributed by atoms with E-state index in [1.54, 1.807) is 34.9 Å². The molecule has 1 amide bonds. The van der Waals surface area contributed by atoms with Crippen molar-refractivity contribution in [2.45, 2.75) is 20.4 Å². The summed E-state index contributed by atoms with van der Waals surface area (Å²) in [7, 11) is 2.98. The van der Waals surface area contributed by atoms with Crippen LogP contribution in [0.1, 0.15) is 23.0 Å². The Morgan fingerprint density at radius 1 is 1.10 bits per heavy atom. The van der Waals surface area contributed by atoms with E-state index in [2.05, 4.69) is 10.3 Å². The van der Waals surface area contributed by atoms with Gasteiger partial charge in [0.1, 0.15) is 22.7 Å². The maximum Gasteiger partial charge on any atom is 0.344 e. The van der Waals surface area contributed by atoms with Gasteiger partial charge < -0.3 is 24.1 Å². The monoisotopic (exact) mass is 425 g/mol.